The fraction of sp³-hybridized carbons (Fsp3) is 0.389. The molecule has 1 aliphatic rings. The number of allylic oxidation sites excluding steroid dienone is 1. The zero-order valence-electron chi connectivity index (χ0n) is 15.1. The number of nitrogens with zero attached hydrogens (tertiary/aromatic N) is 2. The van der Waals surface area contributed by atoms with Gasteiger partial charge in [0.15, 0.2) is 0 Å². The molecule has 8 nitrogen and oxygen atoms in total. The minimum atomic E-state index is -0.988. The van der Waals surface area contributed by atoms with Crippen molar-refractivity contribution in [3.05, 3.63) is 51.2 Å². The number of alkyl halides is 1. The number of aliphatic imine (C=N–C) groups is 1. The number of nitro groups is 1. The number of carbonyl (C=O) groups excluding carboxylic acids is 2. The quantitative estimate of drug-likeness (QED) is 0.317. The van der Waals surface area contributed by atoms with Gasteiger partial charge in [-0.05, 0) is 13.8 Å². The van der Waals surface area contributed by atoms with E-state index >= 15 is 0 Å². The maximum absolute atomic E-state index is 12.7. The Bertz CT molecular complexity index is 833. The summed E-state index contributed by atoms with van der Waals surface area (Å²) in [5.41, 5.74) is 0.813. The molecule has 2 rings (SSSR count). The molecule has 144 valence electrons. The molecule has 2 unspecified atom stereocenters. The second kappa shape index (κ2) is 8.77. The number of nitro benzene ring substituents is 1. The third-order valence-electron chi connectivity index (χ3n) is 4.28. The highest BCUT2D eigenvalue weighted by molar-refractivity contribution is 6.18. The number of carbonyl (C=O) groups is 2. The Hall–Kier alpha value is -2.74. The highest BCUT2D eigenvalue weighted by Gasteiger charge is 2.44. The van der Waals surface area contributed by atoms with Crippen molar-refractivity contribution in [1.29, 1.82) is 0 Å². The molecular weight excluding hydrogens is 376 g/mol. The Balaban J connectivity index is 2.71. The number of esters is 2. The molecule has 2 atom stereocenters. The topological polar surface area (TPSA) is 108 Å². The van der Waals surface area contributed by atoms with Gasteiger partial charge < -0.3 is 9.47 Å². The lowest BCUT2D eigenvalue weighted by molar-refractivity contribution is -0.385. The minimum Gasteiger partial charge on any atom is -0.468 e. The molecule has 1 heterocycles. The van der Waals surface area contributed by atoms with Crippen molar-refractivity contribution < 1.29 is 24.0 Å². The van der Waals surface area contributed by atoms with E-state index in [2.05, 4.69) is 4.99 Å². The first-order valence-corrected chi connectivity index (χ1v) is 8.67. The second-order valence-electron chi connectivity index (χ2n) is 5.87. The molecule has 0 fully saturated rings. The second-order valence-corrected chi connectivity index (χ2v) is 6.25. The average molecular weight is 395 g/mol. The van der Waals surface area contributed by atoms with Crippen LogP contribution in [0.5, 0.6) is 0 Å². The SMILES string of the molecule is COC(=O)C1C(C)=NC(C)=C(C(=O)OCCCl)C1c1ccccc1[N+](=O)[O-]. The first-order valence-electron chi connectivity index (χ1n) is 8.13. The Morgan fingerprint density at radius 1 is 1.30 bits per heavy atom. The number of benzene rings is 1. The number of hydrogen-bond donors (Lipinski definition) is 0. The Morgan fingerprint density at radius 2 is 1.96 bits per heavy atom. The van der Waals surface area contributed by atoms with Crippen molar-refractivity contribution in [1.82, 2.24) is 0 Å². The fourth-order valence-corrected chi connectivity index (χ4v) is 3.27. The number of para-hydroxylation sites is 1. The maximum atomic E-state index is 12.7. The molecule has 1 aliphatic heterocycles. The van der Waals surface area contributed by atoms with Gasteiger partial charge in [0.05, 0.1) is 23.5 Å². The Labute approximate surface area is 161 Å². The average Bonchev–Trinajstić information content (AvgIpc) is 2.64. The zero-order valence-corrected chi connectivity index (χ0v) is 15.9. The summed E-state index contributed by atoms with van der Waals surface area (Å²) in [7, 11) is 1.21. The monoisotopic (exact) mass is 394 g/mol. The largest absolute Gasteiger partial charge is 0.468 e. The van der Waals surface area contributed by atoms with Gasteiger partial charge in [-0.2, -0.15) is 0 Å². The van der Waals surface area contributed by atoms with Gasteiger partial charge in [0, 0.05) is 29.0 Å². The van der Waals surface area contributed by atoms with E-state index in [-0.39, 0.29) is 29.3 Å². The molecule has 27 heavy (non-hydrogen) atoms. The summed E-state index contributed by atoms with van der Waals surface area (Å²) in [6.45, 7) is 3.18. The van der Waals surface area contributed by atoms with E-state index < -0.39 is 28.7 Å². The van der Waals surface area contributed by atoms with Crippen LogP contribution < -0.4 is 0 Å². The number of hydrogen-bond acceptors (Lipinski definition) is 7. The molecule has 0 bridgehead atoms. The van der Waals surface area contributed by atoms with Crippen LogP contribution in [0.25, 0.3) is 0 Å². The fourth-order valence-electron chi connectivity index (χ4n) is 3.20. The first-order chi connectivity index (χ1) is 12.8. The lowest BCUT2D eigenvalue weighted by Gasteiger charge is -2.30. The van der Waals surface area contributed by atoms with Crippen LogP contribution in [0.1, 0.15) is 25.3 Å². The molecule has 0 aliphatic carbocycles. The third kappa shape index (κ3) is 4.16. The molecule has 0 radical (unpaired) electrons. The van der Waals surface area contributed by atoms with Crippen LogP contribution in [0.15, 0.2) is 40.5 Å². The Kier molecular flexibility index (Phi) is 6.68. The summed E-state index contributed by atoms with van der Waals surface area (Å²) in [6.07, 6.45) is 0. The molecule has 0 spiro atoms. The third-order valence-corrected chi connectivity index (χ3v) is 4.44. The van der Waals surface area contributed by atoms with Crippen LogP contribution >= 0.6 is 11.6 Å². The summed E-state index contributed by atoms with van der Waals surface area (Å²) in [6, 6.07) is 5.96. The highest BCUT2D eigenvalue weighted by Crippen LogP contribution is 2.43. The minimum absolute atomic E-state index is 0.0354. The molecule has 0 amide bonds. The zero-order chi connectivity index (χ0) is 20.1. The standard InChI is InChI=1S/C18H19ClN2O6/c1-10-14(17(22)26-3)16(12-6-4-5-7-13(12)21(24)25)15(11(2)20-10)18(23)27-9-8-19/h4-7,14,16H,8-9H2,1-3H3. The van der Waals surface area contributed by atoms with Gasteiger partial charge in [-0.3, -0.25) is 19.9 Å². The van der Waals surface area contributed by atoms with Crippen LogP contribution in [0.4, 0.5) is 5.69 Å². The highest BCUT2D eigenvalue weighted by atomic mass is 35.5. The van der Waals surface area contributed by atoms with Crippen LogP contribution in [0.2, 0.25) is 0 Å². The van der Waals surface area contributed by atoms with Gasteiger partial charge in [-0.15, -0.1) is 11.6 Å². The number of ether oxygens (including phenoxy) is 2. The van der Waals surface area contributed by atoms with Gasteiger partial charge in [-0.1, -0.05) is 18.2 Å². The van der Waals surface area contributed by atoms with Gasteiger partial charge >= 0.3 is 11.9 Å². The number of methoxy groups -OCH3 is 1. The van der Waals surface area contributed by atoms with Crippen molar-refractivity contribution in [2.45, 2.75) is 19.8 Å². The van der Waals surface area contributed by atoms with E-state index in [9.17, 15) is 19.7 Å². The van der Waals surface area contributed by atoms with E-state index in [0.29, 0.717) is 11.4 Å². The number of halogens is 1. The predicted molar refractivity (Wildman–Crippen MR) is 98.8 cm³/mol. The van der Waals surface area contributed by atoms with E-state index in [1.807, 2.05) is 0 Å². The van der Waals surface area contributed by atoms with Crippen LogP contribution in [0.3, 0.4) is 0 Å². The molecular formula is C18H19ClN2O6. The first kappa shape index (κ1) is 20.6. The molecule has 0 saturated carbocycles. The van der Waals surface area contributed by atoms with E-state index in [1.165, 1.54) is 25.3 Å². The van der Waals surface area contributed by atoms with E-state index in [4.69, 9.17) is 21.1 Å². The molecule has 0 aromatic heterocycles. The summed E-state index contributed by atoms with van der Waals surface area (Å²) in [5, 5.41) is 11.5. The van der Waals surface area contributed by atoms with E-state index in [0.717, 1.165) is 0 Å². The molecule has 1 aromatic rings. The summed E-state index contributed by atoms with van der Waals surface area (Å²) in [5.74, 6) is -3.22. The number of rotatable bonds is 6. The van der Waals surface area contributed by atoms with E-state index in [1.54, 1.807) is 19.9 Å². The normalized spacial score (nSPS) is 19.3. The van der Waals surface area contributed by atoms with Crippen LogP contribution in [0, 0.1) is 16.0 Å². The molecule has 9 heteroatoms. The Morgan fingerprint density at radius 3 is 2.56 bits per heavy atom. The van der Waals surface area contributed by atoms with Crippen LogP contribution in [-0.4, -0.2) is 42.2 Å². The van der Waals surface area contributed by atoms with Crippen molar-refractivity contribution in [2.24, 2.45) is 10.9 Å². The smallest absolute Gasteiger partial charge is 0.336 e. The van der Waals surface area contributed by atoms with Crippen molar-refractivity contribution in [2.75, 3.05) is 19.6 Å². The summed E-state index contributed by atoms with van der Waals surface area (Å²) in [4.78, 5) is 40.4. The maximum Gasteiger partial charge on any atom is 0.336 e. The summed E-state index contributed by atoms with van der Waals surface area (Å²) >= 11 is 5.58. The lowest BCUT2D eigenvalue weighted by Crippen LogP contribution is -2.36. The van der Waals surface area contributed by atoms with Gasteiger partial charge in [0.25, 0.3) is 5.69 Å². The van der Waals surface area contributed by atoms with Gasteiger partial charge in [-0.25, -0.2) is 4.79 Å². The van der Waals surface area contributed by atoms with Gasteiger partial charge in [0.1, 0.15) is 12.5 Å². The van der Waals surface area contributed by atoms with Crippen molar-refractivity contribution in [3.8, 4) is 0 Å². The molecule has 1 aromatic carbocycles. The molecule has 0 saturated heterocycles. The van der Waals surface area contributed by atoms with Crippen molar-refractivity contribution >= 4 is 34.9 Å². The molecule has 0 N–H and O–H groups in total. The summed E-state index contributed by atoms with van der Waals surface area (Å²) < 4.78 is 10.0. The van der Waals surface area contributed by atoms with Crippen LogP contribution in [-0.2, 0) is 19.1 Å². The van der Waals surface area contributed by atoms with Crippen molar-refractivity contribution in [3.63, 3.8) is 0 Å². The lowest BCUT2D eigenvalue weighted by atomic mass is 9.75. The van der Waals surface area contributed by atoms with Gasteiger partial charge in [0.2, 0.25) is 0 Å². The predicted octanol–water partition coefficient (Wildman–Crippen LogP) is 3.00.